The number of ether oxygens (including phenoxy) is 1. The van der Waals surface area contributed by atoms with E-state index in [9.17, 15) is 10.2 Å². The first-order valence-electron chi connectivity index (χ1n) is 9.85. The zero-order valence-corrected chi connectivity index (χ0v) is 17.3. The number of aromatic hydroxyl groups is 1. The summed E-state index contributed by atoms with van der Waals surface area (Å²) >= 11 is 6.60. The molecule has 0 spiro atoms. The summed E-state index contributed by atoms with van der Waals surface area (Å²) in [5.74, 6) is 1.13. The van der Waals surface area contributed by atoms with Gasteiger partial charge in [0.05, 0.1) is 16.4 Å². The maximum Gasteiger partial charge on any atom is 0.137 e. The quantitative estimate of drug-likeness (QED) is 0.605. The molecule has 1 heterocycles. The minimum absolute atomic E-state index is 0.204. The topological polar surface area (TPSA) is 62.6 Å². The summed E-state index contributed by atoms with van der Waals surface area (Å²) < 4.78 is 5.67. The van der Waals surface area contributed by atoms with Crippen LogP contribution in [0, 0.1) is 13.8 Å². The van der Waals surface area contributed by atoms with Crippen LogP contribution in [0.25, 0.3) is 0 Å². The second kappa shape index (κ2) is 8.97. The van der Waals surface area contributed by atoms with Gasteiger partial charge < -0.3 is 14.9 Å². The van der Waals surface area contributed by atoms with Gasteiger partial charge in [0.1, 0.15) is 24.2 Å². The van der Waals surface area contributed by atoms with E-state index in [1.165, 1.54) is 6.42 Å². The van der Waals surface area contributed by atoms with Crippen LogP contribution in [0.5, 0.6) is 11.5 Å². The molecule has 28 heavy (non-hydrogen) atoms. The number of nitrogens with zero attached hydrogens (tertiary/aromatic N) is 1. The molecule has 1 aliphatic carbocycles. The molecule has 5 heteroatoms. The normalized spacial score (nSPS) is 16.0. The van der Waals surface area contributed by atoms with Crippen LogP contribution in [-0.4, -0.2) is 21.8 Å². The average Bonchev–Trinajstić information content (AvgIpc) is 2.70. The number of aryl methyl sites for hydroxylation is 1. The highest BCUT2D eigenvalue weighted by Gasteiger charge is 2.25. The molecule has 1 atom stereocenters. The number of aromatic nitrogens is 1. The number of aliphatic hydroxyl groups excluding tert-OH is 1. The second-order valence-electron chi connectivity index (χ2n) is 7.52. The number of halogens is 1. The lowest BCUT2D eigenvalue weighted by atomic mass is 9.86. The molecule has 150 valence electrons. The van der Waals surface area contributed by atoms with E-state index in [-0.39, 0.29) is 11.7 Å². The minimum atomic E-state index is -0.970. The van der Waals surface area contributed by atoms with Crippen LogP contribution < -0.4 is 4.74 Å². The smallest absolute Gasteiger partial charge is 0.137 e. The lowest BCUT2D eigenvalue weighted by Crippen LogP contribution is -2.12. The highest BCUT2D eigenvalue weighted by atomic mass is 35.5. The molecule has 1 aromatic heterocycles. The Bertz CT molecular complexity index is 859. The summed E-state index contributed by atoms with van der Waals surface area (Å²) in [5, 5.41) is 21.9. The lowest BCUT2D eigenvalue weighted by Gasteiger charge is -2.24. The molecule has 2 aromatic rings. The Morgan fingerprint density at radius 3 is 2.68 bits per heavy atom. The number of hydrogen-bond acceptors (Lipinski definition) is 4. The van der Waals surface area contributed by atoms with E-state index in [0.717, 1.165) is 36.8 Å². The van der Waals surface area contributed by atoms with Crippen LogP contribution >= 0.6 is 11.6 Å². The summed E-state index contributed by atoms with van der Waals surface area (Å²) in [7, 11) is 0. The number of benzene rings is 1. The van der Waals surface area contributed by atoms with Gasteiger partial charge in [-0.05, 0) is 50.5 Å². The predicted octanol–water partition coefficient (Wildman–Crippen LogP) is 5.75. The van der Waals surface area contributed by atoms with Gasteiger partial charge in [0, 0.05) is 17.0 Å². The summed E-state index contributed by atoms with van der Waals surface area (Å²) in [6, 6.07) is 5.18. The first kappa shape index (κ1) is 20.7. The van der Waals surface area contributed by atoms with Crippen molar-refractivity contribution < 1.29 is 14.9 Å². The highest BCUT2D eigenvalue weighted by molar-refractivity contribution is 6.32. The molecule has 0 aliphatic heterocycles. The van der Waals surface area contributed by atoms with Gasteiger partial charge >= 0.3 is 0 Å². The molecule has 1 aromatic carbocycles. The van der Waals surface area contributed by atoms with E-state index in [1.807, 2.05) is 19.9 Å². The van der Waals surface area contributed by atoms with E-state index >= 15 is 0 Å². The fourth-order valence-corrected chi connectivity index (χ4v) is 4.31. The molecule has 1 aliphatic rings. The first-order chi connectivity index (χ1) is 13.4. The zero-order chi connectivity index (χ0) is 20.3. The van der Waals surface area contributed by atoms with Gasteiger partial charge in [-0.25, -0.2) is 0 Å². The van der Waals surface area contributed by atoms with Gasteiger partial charge in [-0.3, -0.25) is 4.98 Å². The van der Waals surface area contributed by atoms with E-state index in [2.05, 4.69) is 11.6 Å². The van der Waals surface area contributed by atoms with Crippen molar-refractivity contribution in [3.63, 3.8) is 0 Å². The third kappa shape index (κ3) is 4.18. The van der Waals surface area contributed by atoms with Crippen molar-refractivity contribution in [3.05, 3.63) is 64.0 Å². The molecule has 4 nitrogen and oxygen atoms in total. The Labute approximate surface area is 171 Å². The number of rotatable bonds is 6. The lowest BCUT2D eigenvalue weighted by molar-refractivity contribution is 0.213. The van der Waals surface area contributed by atoms with Crippen LogP contribution in [0.2, 0.25) is 5.02 Å². The van der Waals surface area contributed by atoms with Crippen LogP contribution in [0.1, 0.15) is 72.2 Å². The first-order valence-corrected chi connectivity index (χ1v) is 10.2. The summed E-state index contributed by atoms with van der Waals surface area (Å²) in [6.07, 6.45) is 6.28. The fraction of sp³-hybridized carbons (Fsp3) is 0.435. The molecule has 0 bridgehead atoms. The van der Waals surface area contributed by atoms with Crippen molar-refractivity contribution >= 4 is 11.6 Å². The maximum absolute atomic E-state index is 11.1. The maximum atomic E-state index is 11.1. The Balaban J connectivity index is 1.96. The molecular formula is C23H28ClNO3. The van der Waals surface area contributed by atoms with Crippen molar-refractivity contribution in [2.75, 3.05) is 6.61 Å². The van der Waals surface area contributed by atoms with Gasteiger partial charge in [0.15, 0.2) is 0 Å². The molecule has 2 N–H and O–H groups in total. The van der Waals surface area contributed by atoms with Gasteiger partial charge in [0.25, 0.3) is 0 Å². The predicted molar refractivity (Wildman–Crippen MR) is 112 cm³/mol. The monoisotopic (exact) mass is 401 g/mol. The molecule has 1 unspecified atom stereocenters. The SMILES string of the molecule is C=CCOc1cc(C)c(C(O)c2ccc(O)c(C3CCCCC3)n2)c(Cl)c1C. The summed E-state index contributed by atoms with van der Waals surface area (Å²) in [5.41, 5.74) is 3.42. The molecule has 0 saturated heterocycles. The van der Waals surface area contributed by atoms with E-state index in [4.69, 9.17) is 16.3 Å². The van der Waals surface area contributed by atoms with Gasteiger partial charge in [-0.15, -0.1) is 0 Å². The molecule has 0 radical (unpaired) electrons. The summed E-state index contributed by atoms with van der Waals surface area (Å²) in [6.45, 7) is 7.82. The number of pyridine rings is 1. The van der Waals surface area contributed by atoms with Crippen LogP contribution in [0.15, 0.2) is 30.9 Å². The molecule has 3 rings (SSSR count). The third-order valence-corrected chi connectivity index (χ3v) is 6.02. The Hall–Kier alpha value is -2.04. The van der Waals surface area contributed by atoms with E-state index in [1.54, 1.807) is 18.2 Å². The van der Waals surface area contributed by atoms with Crippen molar-refractivity contribution in [1.82, 2.24) is 4.98 Å². The van der Waals surface area contributed by atoms with Crippen molar-refractivity contribution in [2.24, 2.45) is 0 Å². The summed E-state index contributed by atoms with van der Waals surface area (Å²) in [4.78, 5) is 4.65. The molecular weight excluding hydrogens is 374 g/mol. The minimum Gasteiger partial charge on any atom is -0.506 e. The standard InChI is InChI=1S/C23H28ClNO3/c1-4-12-28-19-13-14(2)20(21(24)15(19)3)23(27)17-10-11-18(26)22(25-17)16-8-6-5-7-9-16/h4,10-11,13,16,23,26-27H,1,5-9,12H2,2-3H3. The van der Waals surface area contributed by atoms with E-state index < -0.39 is 6.10 Å². The number of hydrogen-bond donors (Lipinski definition) is 2. The zero-order valence-electron chi connectivity index (χ0n) is 16.5. The number of aliphatic hydroxyl groups is 1. The van der Waals surface area contributed by atoms with Crippen LogP contribution in [-0.2, 0) is 0 Å². The van der Waals surface area contributed by atoms with Crippen LogP contribution in [0.3, 0.4) is 0 Å². The average molecular weight is 402 g/mol. The second-order valence-corrected chi connectivity index (χ2v) is 7.90. The van der Waals surface area contributed by atoms with Gasteiger partial charge in [0.2, 0.25) is 0 Å². The largest absolute Gasteiger partial charge is 0.506 e. The molecule has 1 saturated carbocycles. The van der Waals surface area contributed by atoms with Gasteiger partial charge in [-0.1, -0.05) is 43.5 Å². The molecule has 1 fully saturated rings. The fourth-order valence-electron chi connectivity index (χ4n) is 3.96. The Morgan fingerprint density at radius 1 is 1.29 bits per heavy atom. The van der Waals surface area contributed by atoms with Crippen molar-refractivity contribution in [2.45, 2.75) is 58.0 Å². The highest BCUT2D eigenvalue weighted by Crippen LogP contribution is 2.40. The van der Waals surface area contributed by atoms with Gasteiger partial charge in [-0.2, -0.15) is 0 Å². The Kier molecular flexibility index (Phi) is 6.63. The Morgan fingerprint density at radius 2 is 2.00 bits per heavy atom. The van der Waals surface area contributed by atoms with Crippen molar-refractivity contribution in [1.29, 1.82) is 0 Å². The third-order valence-electron chi connectivity index (χ3n) is 5.53. The van der Waals surface area contributed by atoms with Crippen LogP contribution in [0.4, 0.5) is 0 Å². The molecule has 0 amide bonds. The van der Waals surface area contributed by atoms with Crippen molar-refractivity contribution in [3.8, 4) is 11.5 Å². The van der Waals surface area contributed by atoms with E-state index in [0.29, 0.717) is 34.3 Å².